The average Bonchev–Trinajstić information content (AvgIpc) is 3.40. The van der Waals surface area contributed by atoms with Crippen molar-refractivity contribution >= 4 is 29.4 Å². The second-order valence-electron chi connectivity index (χ2n) is 11.4. The molecule has 0 unspecified atom stereocenters. The van der Waals surface area contributed by atoms with Gasteiger partial charge in [0.1, 0.15) is 6.33 Å². The number of imidazole rings is 1. The molecule has 0 saturated carbocycles. The van der Waals surface area contributed by atoms with E-state index in [4.69, 9.17) is 9.47 Å². The van der Waals surface area contributed by atoms with Crippen molar-refractivity contribution in [3.63, 3.8) is 0 Å². The number of carbonyl (C=O) groups excluding carboxylic acids is 4. The van der Waals surface area contributed by atoms with Gasteiger partial charge in [0.05, 0.1) is 65.8 Å². The molecule has 2 amide bonds. The average molecular weight is 626 g/mol. The summed E-state index contributed by atoms with van der Waals surface area (Å²) in [5.41, 5.74) is 6.11. The molecule has 5 rings (SSSR count). The van der Waals surface area contributed by atoms with Crippen LogP contribution in [-0.4, -0.2) is 77.0 Å². The zero-order valence-corrected chi connectivity index (χ0v) is 27.0. The van der Waals surface area contributed by atoms with Gasteiger partial charge in [-0.2, -0.15) is 0 Å². The van der Waals surface area contributed by atoms with Crippen LogP contribution in [0.2, 0.25) is 0 Å². The third kappa shape index (κ3) is 6.04. The van der Waals surface area contributed by atoms with Crippen LogP contribution < -0.4 is 4.90 Å². The van der Waals surface area contributed by atoms with Gasteiger partial charge in [0.15, 0.2) is 5.69 Å². The first kappa shape index (κ1) is 32.2. The van der Waals surface area contributed by atoms with Gasteiger partial charge >= 0.3 is 11.9 Å². The Bertz CT molecular complexity index is 1760. The Morgan fingerprint density at radius 1 is 0.891 bits per heavy atom. The number of nitrogens with zero attached hydrogens (tertiary/aromatic N) is 5. The van der Waals surface area contributed by atoms with Crippen LogP contribution in [0.5, 0.6) is 0 Å². The molecule has 0 spiro atoms. The quantitative estimate of drug-likeness (QED) is 0.191. The Kier molecular flexibility index (Phi) is 9.41. The topological polar surface area (TPSA) is 114 Å². The van der Waals surface area contributed by atoms with Crippen molar-refractivity contribution in [3.8, 4) is 5.69 Å². The Hall–Kier alpha value is -5.19. The molecule has 0 fully saturated rings. The number of aryl methyl sites for hydroxylation is 2. The SMILES string of the molecule is C=CN1/C(=C(\C)C(=O)OCCCOC(=O)c2ncn3c2CN(C)C(=O)c2cc(CC)ccc2-3)CN(C)C(=O)c2cc(CC)ccc21. The molecule has 0 N–H and O–H groups in total. The molecule has 240 valence electrons. The first-order chi connectivity index (χ1) is 22.1. The molecule has 0 aliphatic carbocycles. The minimum atomic E-state index is -0.620. The molecule has 1 aromatic heterocycles. The number of hydrogen-bond donors (Lipinski definition) is 0. The maximum absolute atomic E-state index is 13.2. The highest BCUT2D eigenvalue weighted by Gasteiger charge is 2.31. The summed E-state index contributed by atoms with van der Waals surface area (Å²) in [4.78, 5) is 61.6. The summed E-state index contributed by atoms with van der Waals surface area (Å²) >= 11 is 0. The molecule has 2 aliphatic rings. The number of likely N-dealkylation sites (N-methyl/N-ethyl adjacent to an activating group) is 1. The third-order valence-electron chi connectivity index (χ3n) is 8.41. The van der Waals surface area contributed by atoms with Crippen LogP contribution in [0.1, 0.15) is 75.2 Å². The van der Waals surface area contributed by atoms with Gasteiger partial charge in [-0.25, -0.2) is 14.6 Å². The Morgan fingerprint density at radius 2 is 1.48 bits per heavy atom. The van der Waals surface area contributed by atoms with Crippen molar-refractivity contribution in [1.82, 2.24) is 19.4 Å². The van der Waals surface area contributed by atoms with Gasteiger partial charge in [0, 0.05) is 26.7 Å². The lowest BCUT2D eigenvalue weighted by molar-refractivity contribution is -0.139. The van der Waals surface area contributed by atoms with Gasteiger partial charge in [0.25, 0.3) is 11.8 Å². The molecular formula is C35H39N5O6. The van der Waals surface area contributed by atoms with Gasteiger partial charge in [-0.15, -0.1) is 0 Å². The lowest BCUT2D eigenvalue weighted by Crippen LogP contribution is -2.30. The lowest BCUT2D eigenvalue weighted by Gasteiger charge is -2.25. The first-order valence-electron chi connectivity index (χ1n) is 15.4. The van der Waals surface area contributed by atoms with E-state index in [0.717, 1.165) is 24.0 Å². The summed E-state index contributed by atoms with van der Waals surface area (Å²) in [5.74, 6) is -1.43. The molecule has 2 aliphatic heterocycles. The third-order valence-corrected chi connectivity index (χ3v) is 8.41. The van der Waals surface area contributed by atoms with E-state index in [1.165, 1.54) is 6.33 Å². The molecule has 11 heteroatoms. The van der Waals surface area contributed by atoms with E-state index in [2.05, 4.69) is 11.6 Å². The largest absolute Gasteiger partial charge is 0.462 e. The molecule has 11 nitrogen and oxygen atoms in total. The smallest absolute Gasteiger partial charge is 0.358 e. The monoisotopic (exact) mass is 625 g/mol. The van der Waals surface area contributed by atoms with E-state index < -0.39 is 11.9 Å². The fourth-order valence-electron chi connectivity index (χ4n) is 5.69. The van der Waals surface area contributed by atoms with E-state index in [1.54, 1.807) is 46.5 Å². The Morgan fingerprint density at radius 3 is 2.11 bits per heavy atom. The van der Waals surface area contributed by atoms with Crippen molar-refractivity contribution in [3.05, 3.63) is 100 Å². The van der Waals surface area contributed by atoms with Crippen LogP contribution in [0.3, 0.4) is 0 Å². The molecule has 46 heavy (non-hydrogen) atoms. The molecule has 0 bridgehead atoms. The molecule has 3 heterocycles. The second kappa shape index (κ2) is 13.4. The van der Waals surface area contributed by atoms with Gasteiger partial charge in [0.2, 0.25) is 0 Å². The number of carbonyl (C=O) groups is 4. The fraction of sp³-hybridized carbons (Fsp3) is 0.343. The normalized spacial score (nSPS) is 15.4. The second-order valence-corrected chi connectivity index (χ2v) is 11.4. The predicted octanol–water partition coefficient (Wildman–Crippen LogP) is 4.68. The van der Waals surface area contributed by atoms with E-state index >= 15 is 0 Å². The molecule has 3 aromatic rings. The number of esters is 2. The van der Waals surface area contributed by atoms with Crippen LogP contribution >= 0.6 is 0 Å². The molecular weight excluding hydrogens is 586 g/mol. The summed E-state index contributed by atoms with van der Waals surface area (Å²) < 4.78 is 12.8. The number of rotatable bonds is 9. The maximum atomic E-state index is 13.2. The maximum Gasteiger partial charge on any atom is 0.358 e. The van der Waals surface area contributed by atoms with Crippen molar-refractivity contribution in [2.45, 2.75) is 46.6 Å². The van der Waals surface area contributed by atoms with Crippen LogP contribution in [-0.2, 0) is 33.7 Å². The zero-order chi connectivity index (χ0) is 33.1. The van der Waals surface area contributed by atoms with E-state index in [0.29, 0.717) is 39.5 Å². The Labute approximate surface area is 268 Å². The van der Waals surface area contributed by atoms with Crippen LogP contribution in [0.4, 0.5) is 5.69 Å². The number of benzene rings is 2. The van der Waals surface area contributed by atoms with Crippen molar-refractivity contribution < 1.29 is 28.7 Å². The highest BCUT2D eigenvalue weighted by atomic mass is 16.5. The Balaban J connectivity index is 1.22. The van der Waals surface area contributed by atoms with Gasteiger partial charge in [-0.3, -0.25) is 14.2 Å². The van der Waals surface area contributed by atoms with Gasteiger partial charge in [-0.05, 0) is 55.2 Å². The number of aromatic nitrogens is 2. The zero-order valence-electron chi connectivity index (χ0n) is 27.0. The summed E-state index contributed by atoms with van der Waals surface area (Å²) in [6.07, 6.45) is 4.98. The van der Waals surface area contributed by atoms with Crippen LogP contribution in [0.15, 0.2) is 66.8 Å². The highest BCUT2D eigenvalue weighted by molar-refractivity contribution is 6.02. The number of amides is 2. The van der Waals surface area contributed by atoms with Gasteiger partial charge < -0.3 is 24.2 Å². The standard InChI is InChI=1S/C35H39N5O6/c1-7-23-11-13-27-25(17-23)32(41)37(5)19-29(39(27)9-3)22(4)34(43)45-15-10-16-46-35(44)31-30-20-38(6)33(42)26-18-24(8-2)12-14-28(26)40(30)21-36-31/h9,11-14,17-18,21H,3,7-8,10,15-16,19-20H2,1-2,4-6H3/b29-22+. The minimum absolute atomic E-state index is 0.00239. The fourth-order valence-corrected chi connectivity index (χ4v) is 5.69. The van der Waals surface area contributed by atoms with Crippen molar-refractivity contribution in [1.29, 1.82) is 0 Å². The van der Waals surface area contributed by atoms with Crippen molar-refractivity contribution in [2.75, 3.05) is 38.8 Å². The van der Waals surface area contributed by atoms with E-state index in [1.807, 2.05) is 50.2 Å². The highest BCUT2D eigenvalue weighted by Crippen LogP contribution is 2.32. The van der Waals surface area contributed by atoms with Crippen LogP contribution in [0, 0.1) is 0 Å². The van der Waals surface area contributed by atoms with E-state index in [-0.39, 0.29) is 50.2 Å². The molecule has 0 radical (unpaired) electrons. The summed E-state index contributed by atoms with van der Waals surface area (Å²) in [5, 5.41) is 0. The van der Waals surface area contributed by atoms with Gasteiger partial charge in [-0.1, -0.05) is 32.6 Å². The summed E-state index contributed by atoms with van der Waals surface area (Å²) in [6.45, 7) is 10.0. The lowest BCUT2D eigenvalue weighted by atomic mass is 10.1. The van der Waals surface area contributed by atoms with Crippen LogP contribution in [0.25, 0.3) is 5.69 Å². The predicted molar refractivity (Wildman–Crippen MR) is 173 cm³/mol. The van der Waals surface area contributed by atoms with Crippen molar-refractivity contribution in [2.24, 2.45) is 0 Å². The van der Waals surface area contributed by atoms with E-state index in [9.17, 15) is 19.2 Å². The number of fused-ring (bicyclic) bond motifs is 4. The molecule has 0 saturated heterocycles. The first-order valence-corrected chi connectivity index (χ1v) is 15.4. The number of ether oxygens (including phenoxy) is 2. The molecule has 2 aromatic carbocycles. The summed E-state index contributed by atoms with van der Waals surface area (Å²) in [6, 6.07) is 11.4. The number of anilines is 1. The summed E-state index contributed by atoms with van der Waals surface area (Å²) in [7, 11) is 3.38. The number of hydrogen-bond acceptors (Lipinski definition) is 8. The molecule has 0 atom stereocenters. The minimum Gasteiger partial charge on any atom is -0.462 e.